The molecule has 2 amide bonds. The van der Waals surface area contributed by atoms with Crippen molar-refractivity contribution in [3.8, 4) is 0 Å². The van der Waals surface area contributed by atoms with Gasteiger partial charge in [-0.2, -0.15) is 0 Å². The maximum atomic E-state index is 12.8. The van der Waals surface area contributed by atoms with Crippen LogP contribution in [0, 0.1) is 0 Å². The van der Waals surface area contributed by atoms with Gasteiger partial charge in [0.05, 0.1) is 11.6 Å². The number of benzene rings is 2. The Bertz CT molecular complexity index is 1000. The number of carbonyl (C=O) groups is 2. The van der Waals surface area contributed by atoms with Gasteiger partial charge in [0.25, 0.3) is 11.8 Å². The molecule has 1 aliphatic carbocycles. The fraction of sp³-hybridized carbons (Fsp3) is 0.174. The smallest absolute Gasteiger partial charge is 0.257 e. The quantitative estimate of drug-likeness (QED) is 0.724. The second-order valence-electron chi connectivity index (χ2n) is 6.89. The van der Waals surface area contributed by atoms with Crippen LogP contribution in [-0.4, -0.2) is 16.8 Å². The first-order valence-electron chi connectivity index (χ1n) is 9.41. The summed E-state index contributed by atoms with van der Waals surface area (Å²) in [5.41, 5.74) is 4.06. The van der Waals surface area contributed by atoms with Crippen LogP contribution in [-0.2, 0) is 6.42 Å². The predicted molar refractivity (Wildman–Crippen MR) is 108 cm³/mol. The van der Waals surface area contributed by atoms with Crippen LogP contribution >= 0.6 is 0 Å². The Kier molecular flexibility index (Phi) is 5.15. The van der Waals surface area contributed by atoms with Gasteiger partial charge in [0, 0.05) is 23.6 Å². The molecule has 4 rings (SSSR count). The summed E-state index contributed by atoms with van der Waals surface area (Å²) in [7, 11) is 0. The van der Waals surface area contributed by atoms with Crippen LogP contribution < -0.4 is 10.6 Å². The average molecular weight is 371 g/mol. The van der Waals surface area contributed by atoms with Gasteiger partial charge in [0.15, 0.2) is 0 Å². The summed E-state index contributed by atoms with van der Waals surface area (Å²) in [6, 6.07) is 18.7. The molecule has 3 aromatic rings. The van der Waals surface area contributed by atoms with Crippen molar-refractivity contribution in [2.24, 2.45) is 0 Å². The highest BCUT2D eigenvalue weighted by Crippen LogP contribution is 2.29. The van der Waals surface area contributed by atoms with Crippen molar-refractivity contribution in [3.63, 3.8) is 0 Å². The number of anilines is 1. The number of aryl methyl sites for hydroxylation is 1. The van der Waals surface area contributed by atoms with Gasteiger partial charge >= 0.3 is 0 Å². The van der Waals surface area contributed by atoms with E-state index in [9.17, 15) is 9.59 Å². The molecule has 0 saturated heterocycles. The first kappa shape index (κ1) is 17.9. The number of carbonyl (C=O) groups excluding carboxylic acids is 2. The summed E-state index contributed by atoms with van der Waals surface area (Å²) >= 11 is 0. The zero-order valence-electron chi connectivity index (χ0n) is 15.4. The van der Waals surface area contributed by atoms with E-state index in [0.717, 1.165) is 19.3 Å². The number of nitrogens with one attached hydrogen (secondary N) is 2. The number of pyridine rings is 1. The zero-order chi connectivity index (χ0) is 19.3. The molecule has 1 aromatic heterocycles. The summed E-state index contributed by atoms with van der Waals surface area (Å²) in [5, 5.41) is 5.96. The van der Waals surface area contributed by atoms with Gasteiger partial charge in [0.1, 0.15) is 0 Å². The van der Waals surface area contributed by atoms with Crippen molar-refractivity contribution in [1.29, 1.82) is 0 Å². The third-order valence-corrected chi connectivity index (χ3v) is 4.98. The Morgan fingerprint density at radius 3 is 2.64 bits per heavy atom. The number of aromatic nitrogens is 1. The fourth-order valence-electron chi connectivity index (χ4n) is 3.58. The highest BCUT2D eigenvalue weighted by molar-refractivity contribution is 6.05. The molecular formula is C23H21N3O2. The van der Waals surface area contributed by atoms with Gasteiger partial charge in [-0.15, -0.1) is 0 Å². The van der Waals surface area contributed by atoms with Crippen LogP contribution in [0.4, 0.5) is 5.69 Å². The van der Waals surface area contributed by atoms with Crippen LogP contribution in [0.5, 0.6) is 0 Å². The second-order valence-corrected chi connectivity index (χ2v) is 6.89. The first-order valence-corrected chi connectivity index (χ1v) is 9.41. The maximum Gasteiger partial charge on any atom is 0.257 e. The molecule has 1 aliphatic rings. The molecule has 28 heavy (non-hydrogen) atoms. The van der Waals surface area contributed by atoms with E-state index in [1.807, 2.05) is 12.1 Å². The highest BCUT2D eigenvalue weighted by atomic mass is 16.2. The molecule has 0 fully saturated rings. The minimum Gasteiger partial charge on any atom is -0.345 e. The average Bonchev–Trinajstić information content (AvgIpc) is 2.75. The minimum absolute atomic E-state index is 0.0195. The summed E-state index contributed by atoms with van der Waals surface area (Å²) in [4.78, 5) is 29.0. The third-order valence-electron chi connectivity index (χ3n) is 4.98. The largest absolute Gasteiger partial charge is 0.345 e. The van der Waals surface area contributed by atoms with E-state index in [1.165, 1.54) is 17.3 Å². The predicted octanol–water partition coefficient (Wildman–Crippen LogP) is 4.14. The fourth-order valence-corrected chi connectivity index (χ4v) is 3.58. The van der Waals surface area contributed by atoms with E-state index < -0.39 is 0 Å². The van der Waals surface area contributed by atoms with Crippen LogP contribution in [0.25, 0.3) is 0 Å². The van der Waals surface area contributed by atoms with Crippen molar-refractivity contribution in [3.05, 3.63) is 95.3 Å². The molecule has 0 radical (unpaired) electrons. The number of hydrogen-bond acceptors (Lipinski definition) is 3. The molecule has 2 aromatic carbocycles. The van der Waals surface area contributed by atoms with Crippen molar-refractivity contribution in [2.75, 3.05) is 5.32 Å². The summed E-state index contributed by atoms with van der Waals surface area (Å²) in [6.45, 7) is 0. The third kappa shape index (κ3) is 3.93. The van der Waals surface area contributed by atoms with Gasteiger partial charge in [-0.1, -0.05) is 30.3 Å². The number of rotatable bonds is 4. The van der Waals surface area contributed by atoms with E-state index in [1.54, 1.807) is 42.6 Å². The number of amides is 2. The molecule has 1 atom stereocenters. The molecule has 0 spiro atoms. The van der Waals surface area contributed by atoms with Crippen molar-refractivity contribution in [1.82, 2.24) is 10.3 Å². The molecule has 1 heterocycles. The monoisotopic (exact) mass is 371 g/mol. The van der Waals surface area contributed by atoms with Crippen LogP contribution in [0.15, 0.2) is 73.1 Å². The normalized spacial score (nSPS) is 15.4. The molecular weight excluding hydrogens is 350 g/mol. The van der Waals surface area contributed by atoms with Gasteiger partial charge < -0.3 is 10.6 Å². The lowest BCUT2D eigenvalue weighted by Gasteiger charge is -2.26. The Balaban J connectivity index is 1.47. The Morgan fingerprint density at radius 1 is 0.929 bits per heavy atom. The van der Waals surface area contributed by atoms with E-state index in [-0.39, 0.29) is 17.9 Å². The Morgan fingerprint density at radius 2 is 1.79 bits per heavy atom. The van der Waals surface area contributed by atoms with Crippen molar-refractivity contribution in [2.45, 2.75) is 25.3 Å². The molecule has 0 aliphatic heterocycles. The molecule has 140 valence electrons. The molecule has 2 N–H and O–H groups in total. The van der Waals surface area contributed by atoms with E-state index in [2.05, 4.69) is 27.8 Å². The Labute approximate surface area is 163 Å². The number of nitrogens with zero attached hydrogens (tertiary/aromatic N) is 1. The summed E-state index contributed by atoms with van der Waals surface area (Å²) in [6.07, 6.45) is 6.17. The summed E-state index contributed by atoms with van der Waals surface area (Å²) in [5.74, 6) is -0.397. The standard InChI is InChI=1S/C23H21N3O2/c27-22(26-21-12-4-7-16-6-1-2-11-20(16)21)17-8-3-10-19(14-17)25-23(28)18-9-5-13-24-15-18/h1-3,5-6,8-11,13-15,21H,4,7,12H2,(H,25,28)(H,26,27). The number of hydrogen-bond donors (Lipinski definition) is 2. The lowest BCUT2D eigenvalue weighted by Crippen LogP contribution is -2.31. The van der Waals surface area contributed by atoms with Gasteiger partial charge in [-0.3, -0.25) is 14.6 Å². The molecule has 0 bridgehead atoms. The van der Waals surface area contributed by atoms with Crippen LogP contribution in [0.2, 0.25) is 0 Å². The summed E-state index contributed by atoms with van der Waals surface area (Å²) < 4.78 is 0. The van der Waals surface area contributed by atoms with E-state index >= 15 is 0 Å². The number of fused-ring (bicyclic) bond motifs is 1. The van der Waals surface area contributed by atoms with Crippen molar-refractivity contribution < 1.29 is 9.59 Å². The van der Waals surface area contributed by atoms with Crippen LogP contribution in [0.1, 0.15) is 50.7 Å². The van der Waals surface area contributed by atoms with Crippen molar-refractivity contribution >= 4 is 17.5 Å². The second kappa shape index (κ2) is 8.05. The molecule has 5 nitrogen and oxygen atoms in total. The SMILES string of the molecule is O=C(Nc1cccc(C(=O)NC2CCCc3ccccc32)c1)c1cccnc1. The first-order chi connectivity index (χ1) is 13.7. The van der Waals surface area contributed by atoms with E-state index in [0.29, 0.717) is 16.8 Å². The topological polar surface area (TPSA) is 71.1 Å². The maximum absolute atomic E-state index is 12.8. The highest BCUT2D eigenvalue weighted by Gasteiger charge is 2.22. The minimum atomic E-state index is -0.258. The Hall–Kier alpha value is -3.47. The molecule has 1 unspecified atom stereocenters. The zero-order valence-corrected chi connectivity index (χ0v) is 15.4. The van der Waals surface area contributed by atoms with E-state index in [4.69, 9.17) is 0 Å². The lowest BCUT2D eigenvalue weighted by molar-refractivity contribution is 0.0931. The lowest BCUT2D eigenvalue weighted by atomic mass is 9.87. The van der Waals surface area contributed by atoms with Gasteiger partial charge in [-0.05, 0) is 60.7 Å². The molecule has 5 heteroatoms. The van der Waals surface area contributed by atoms with Gasteiger partial charge in [-0.25, -0.2) is 0 Å². The van der Waals surface area contributed by atoms with Gasteiger partial charge in [0.2, 0.25) is 0 Å². The van der Waals surface area contributed by atoms with Crippen LogP contribution in [0.3, 0.4) is 0 Å². The molecule has 0 saturated carbocycles.